The fourth-order valence-electron chi connectivity index (χ4n) is 2.86. The van der Waals surface area contributed by atoms with E-state index < -0.39 is 5.97 Å². The first-order valence-corrected chi connectivity index (χ1v) is 9.12. The molecule has 3 rings (SSSR count). The summed E-state index contributed by atoms with van der Waals surface area (Å²) in [5.74, 6) is -0.350. The molecule has 29 heavy (non-hydrogen) atoms. The minimum absolute atomic E-state index is 0. The average molecular weight is 397 g/mol. The number of carboxylic acid groups (broad SMARTS) is 1. The van der Waals surface area contributed by atoms with Crippen molar-refractivity contribution < 1.29 is 23.8 Å². The Morgan fingerprint density at radius 1 is 1.03 bits per heavy atom. The summed E-state index contributed by atoms with van der Waals surface area (Å²) in [6.07, 6.45) is 2.31. The van der Waals surface area contributed by atoms with Gasteiger partial charge in [0.05, 0.1) is 18.8 Å². The minimum Gasteiger partial charge on any atom is -0.478 e. The predicted molar refractivity (Wildman–Crippen MR) is 111 cm³/mol. The van der Waals surface area contributed by atoms with Crippen LogP contribution in [0.3, 0.4) is 0 Å². The molecule has 0 fully saturated rings. The van der Waals surface area contributed by atoms with E-state index in [1.807, 2.05) is 36.4 Å². The zero-order valence-electron chi connectivity index (χ0n) is 15.8. The Kier molecular flexibility index (Phi) is 8.58. The smallest absolute Gasteiger partial charge is 0.336 e. The molecular formula is C23H27NO5. The van der Waals surface area contributed by atoms with Gasteiger partial charge in [0.25, 0.3) is 0 Å². The number of hydrogen-bond donors (Lipinski definition) is 1. The predicted octanol–water partition coefficient (Wildman–Crippen LogP) is 5.11. The first kappa shape index (κ1) is 22.3. The first-order chi connectivity index (χ1) is 13.6. The lowest BCUT2D eigenvalue weighted by molar-refractivity contribution is 0.0640. The van der Waals surface area contributed by atoms with Gasteiger partial charge in [0.15, 0.2) is 0 Å². The summed E-state index contributed by atoms with van der Waals surface area (Å²) in [7, 11) is 0. The molecule has 0 spiro atoms. The van der Waals surface area contributed by atoms with Gasteiger partial charge >= 0.3 is 5.97 Å². The molecule has 0 atom stereocenters. The molecule has 3 aromatic rings. The zero-order chi connectivity index (χ0) is 19.8. The summed E-state index contributed by atoms with van der Waals surface area (Å²) in [6, 6.07) is 15.1. The Labute approximate surface area is 171 Å². The van der Waals surface area contributed by atoms with Crippen LogP contribution in [0.5, 0.6) is 0 Å². The van der Waals surface area contributed by atoms with Crippen molar-refractivity contribution >= 4 is 5.97 Å². The summed E-state index contributed by atoms with van der Waals surface area (Å²) in [4.78, 5) is 15.8. The van der Waals surface area contributed by atoms with Crippen molar-refractivity contribution in [3.8, 4) is 11.5 Å². The van der Waals surface area contributed by atoms with Gasteiger partial charge in [0, 0.05) is 18.8 Å². The average Bonchev–Trinajstić information content (AvgIpc) is 3.16. The molecule has 0 unspecified atom stereocenters. The van der Waals surface area contributed by atoms with Gasteiger partial charge in [-0.2, -0.15) is 0 Å². The molecule has 0 radical (unpaired) electrons. The molecule has 6 nitrogen and oxygen atoms in total. The number of benzene rings is 2. The Morgan fingerprint density at radius 2 is 1.76 bits per heavy atom. The van der Waals surface area contributed by atoms with Crippen molar-refractivity contribution in [2.24, 2.45) is 0 Å². The highest BCUT2D eigenvalue weighted by molar-refractivity contribution is 5.91. The fourth-order valence-corrected chi connectivity index (χ4v) is 2.86. The van der Waals surface area contributed by atoms with Crippen LogP contribution in [0.4, 0.5) is 0 Å². The number of ether oxygens (including phenoxy) is 2. The third kappa shape index (κ3) is 6.27. The van der Waals surface area contributed by atoms with E-state index in [0.29, 0.717) is 43.3 Å². The molecule has 1 aromatic heterocycles. The van der Waals surface area contributed by atoms with Gasteiger partial charge in [-0.25, -0.2) is 9.78 Å². The number of aromatic nitrogens is 1. The van der Waals surface area contributed by atoms with Gasteiger partial charge in [-0.05, 0) is 36.6 Å². The maximum Gasteiger partial charge on any atom is 0.336 e. The Hall–Kier alpha value is -2.96. The van der Waals surface area contributed by atoms with Crippen LogP contribution >= 0.6 is 0 Å². The van der Waals surface area contributed by atoms with Crippen LogP contribution in [0.15, 0.2) is 59.2 Å². The molecule has 0 aliphatic heterocycles. The molecular weight excluding hydrogens is 370 g/mol. The number of rotatable bonds is 10. The van der Waals surface area contributed by atoms with Gasteiger partial charge in [-0.3, -0.25) is 0 Å². The number of nitrogens with zero attached hydrogens (tertiary/aromatic N) is 1. The van der Waals surface area contributed by atoms with E-state index in [0.717, 1.165) is 16.8 Å². The molecule has 0 bridgehead atoms. The van der Waals surface area contributed by atoms with Gasteiger partial charge in [-0.15, -0.1) is 0 Å². The van der Waals surface area contributed by atoms with Gasteiger partial charge in [0.1, 0.15) is 12.0 Å². The quantitative estimate of drug-likeness (QED) is 0.479. The van der Waals surface area contributed by atoms with E-state index in [9.17, 15) is 9.90 Å². The lowest BCUT2D eigenvalue weighted by Gasteiger charge is -2.09. The van der Waals surface area contributed by atoms with E-state index in [2.05, 4.69) is 4.98 Å². The molecule has 1 heterocycles. The second kappa shape index (κ2) is 11.1. The molecule has 0 aliphatic carbocycles. The molecule has 154 valence electrons. The largest absolute Gasteiger partial charge is 0.478 e. The van der Waals surface area contributed by atoms with Gasteiger partial charge < -0.3 is 19.0 Å². The summed E-state index contributed by atoms with van der Waals surface area (Å²) in [6.45, 7) is 3.44. The highest BCUT2D eigenvalue weighted by Crippen LogP contribution is 2.18. The van der Waals surface area contributed by atoms with Crippen LogP contribution in [-0.4, -0.2) is 29.3 Å². The van der Waals surface area contributed by atoms with Crippen molar-refractivity contribution in [1.29, 1.82) is 0 Å². The van der Waals surface area contributed by atoms with Crippen LogP contribution in [0.1, 0.15) is 41.0 Å². The van der Waals surface area contributed by atoms with Crippen LogP contribution < -0.4 is 0 Å². The number of oxazole rings is 1. The number of carbonyl (C=O) groups is 1. The second-order valence-electron chi connectivity index (χ2n) is 6.38. The summed E-state index contributed by atoms with van der Waals surface area (Å²) >= 11 is 0. The molecule has 1 N–H and O–H groups in total. The lowest BCUT2D eigenvalue weighted by Crippen LogP contribution is -2.08. The van der Waals surface area contributed by atoms with Crippen LogP contribution in [-0.2, 0) is 22.7 Å². The van der Waals surface area contributed by atoms with Crippen molar-refractivity contribution in [2.75, 3.05) is 13.2 Å². The van der Waals surface area contributed by atoms with Crippen molar-refractivity contribution in [1.82, 2.24) is 4.98 Å². The van der Waals surface area contributed by atoms with E-state index in [1.54, 1.807) is 25.3 Å². The summed E-state index contributed by atoms with van der Waals surface area (Å²) < 4.78 is 16.7. The fraction of sp³-hybridized carbons (Fsp3) is 0.304. The van der Waals surface area contributed by atoms with Gasteiger partial charge in [0.2, 0.25) is 5.89 Å². The highest BCUT2D eigenvalue weighted by Gasteiger charge is 2.12. The Morgan fingerprint density at radius 3 is 2.48 bits per heavy atom. The van der Waals surface area contributed by atoms with E-state index in [-0.39, 0.29) is 14.0 Å². The molecule has 0 saturated carbocycles. The molecule has 0 saturated heterocycles. The van der Waals surface area contributed by atoms with E-state index >= 15 is 0 Å². The van der Waals surface area contributed by atoms with Gasteiger partial charge in [-0.1, -0.05) is 43.8 Å². The normalized spacial score (nSPS) is 10.5. The topological polar surface area (TPSA) is 81.8 Å². The Balaban J connectivity index is 0.00000300. The molecule has 0 aliphatic rings. The number of aryl methyl sites for hydroxylation is 1. The summed E-state index contributed by atoms with van der Waals surface area (Å²) in [5, 5.41) is 9.31. The second-order valence-corrected chi connectivity index (χ2v) is 6.38. The highest BCUT2D eigenvalue weighted by atomic mass is 16.5. The van der Waals surface area contributed by atoms with Crippen LogP contribution in [0, 0.1) is 6.92 Å². The van der Waals surface area contributed by atoms with E-state index in [4.69, 9.17) is 13.9 Å². The first-order valence-electron chi connectivity index (χ1n) is 9.12. The maximum atomic E-state index is 11.4. The van der Waals surface area contributed by atoms with E-state index in [1.165, 1.54) is 0 Å². The van der Waals surface area contributed by atoms with Crippen LogP contribution in [0.25, 0.3) is 11.5 Å². The van der Waals surface area contributed by atoms with Crippen molar-refractivity contribution in [2.45, 2.75) is 34.0 Å². The number of carboxylic acids is 1. The maximum absolute atomic E-state index is 11.4. The van der Waals surface area contributed by atoms with Crippen LogP contribution in [0.2, 0.25) is 0 Å². The van der Waals surface area contributed by atoms with Crippen molar-refractivity contribution in [3.05, 3.63) is 77.2 Å². The molecule has 2 aromatic carbocycles. The number of aromatic carboxylic acids is 1. The molecule has 6 heteroatoms. The SMILES string of the molecule is C.Cc1cccc(COCCCOCc2coc(-c3ccccc3)n2)c1C(=O)O. The Bertz CT molecular complexity index is 905. The zero-order valence-corrected chi connectivity index (χ0v) is 15.8. The standard InChI is InChI=1S/C22H23NO5.CH4/c1-16-7-5-10-18(20(16)22(24)25)13-26-11-6-12-27-14-19-15-28-21(23-19)17-8-3-2-4-9-17;/h2-5,7-10,15H,6,11-14H2,1H3,(H,24,25);1H4. The summed E-state index contributed by atoms with van der Waals surface area (Å²) in [5.41, 5.74) is 3.41. The number of hydrogen-bond acceptors (Lipinski definition) is 5. The third-order valence-electron chi connectivity index (χ3n) is 4.23. The lowest BCUT2D eigenvalue weighted by atomic mass is 10.0. The minimum atomic E-state index is -0.928. The van der Waals surface area contributed by atoms with Crippen molar-refractivity contribution in [3.63, 3.8) is 0 Å². The molecule has 0 amide bonds. The third-order valence-corrected chi connectivity index (χ3v) is 4.23. The monoisotopic (exact) mass is 397 g/mol.